The molecule has 0 radical (unpaired) electrons. The van der Waals surface area contributed by atoms with Crippen LogP contribution in [0.5, 0.6) is 0 Å². The van der Waals surface area contributed by atoms with E-state index < -0.39 is 17.7 Å². The number of aliphatic hydroxyl groups is 1. The highest BCUT2D eigenvalue weighted by atomic mass is 79.9. The smallest absolute Gasteiger partial charge is 0.329 e. The molecule has 28 heavy (non-hydrogen) atoms. The summed E-state index contributed by atoms with van der Waals surface area (Å²) in [7, 11) is 0. The summed E-state index contributed by atoms with van der Waals surface area (Å²) in [5, 5.41) is 17.3. The van der Waals surface area contributed by atoms with Crippen molar-refractivity contribution < 1.29 is 14.7 Å². The first kappa shape index (κ1) is 20.4. The van der Waals surface area contributed by atoms with Gasteiger partial charge in [0.2, 0.25) is 0 Å². The van der Waals surface area contributed by atoms with E-state index in [4.69, 9.17) is 0 Å². The molecule has 148 valence electrons. The molecule has 0 saturated heterocycles. The highest BCUT2D eigenvalue weighted by molar-refractivity contribution is 9.10. The van der Waals surface area contributed by atoms with Crippen molar-refractivity contribution in [1.29, 1.82) is 0 Å². The maximum absolute atomic E-state index is 13.2. The lowest BCUT2D eigenvalue weighted by Crippen LogP contribution is -2.63. The zero-order chi connectivity index (χ0) is 20.5. The molecule has 2 atom stereocenters. The van der Waals surface area contributed by atoms with Crippen molar-refractivity contribution in [3.63, 3.8) is 0 Å². The van der Waals surface area contributed by atoms with Gasteiger partial charge in [-0.05, 0) is 55.7 Å². The van der Waals surface area contributed by atoms with Crippen LogP contribution in [0.1, 0.15) is 38.3 Å². The highest BCUT2D eigenvalue weighted by Crippen LogP contribution is 2.41. The van der Waals surface area contributed by atoms with Crippen LogP contribution in [0.15, 0.2) is 46.9 Å². The Balaban J connectivity index is 2.17. The third kappa shape index (κ3) is 3.52. The lowest BCUT2D eigenvalue weighted by Gasteiger charge is -2.43. The molecule has 0 aliphatic carbocycles. The summed E-state index contributed by atoms with van der Waals surface area (Å²) in [5.41, 5.74) is 0.0517. The summed E-state index contributed by atoms with van der Waals surface area (Å²) < 4.78 is 0.693. The second-order valence-corrected chi connectivity index (χ2v) is 7.85. The SMILES string of the molecule is CCc1ccc(N2C(=O)Nc3ccc(Br)cc3C2(O)C(=O)NC(C)CC)cc1. The highest BCUT2D eigenvalue weighted by Gasteiger charge is 2.52. The number of hydrogen-bond acceptors (Lipinski definition) is 3. The number of hydrogen-bond donors (Lipinski definition) is 3. The van der Waals surface area contributed by atoms with Crippen LogP contribution in [0, 0.1) is 0 Å². The minimum absolute atomic E-state index is 0.151. The number of rotatable bonds is 5. The Morgan fingerprint density at radius 2 is 1.93 bits per heavy atom. The molecule has 1 aliphatic heterocycles. The number of carbonyl (C=O) groups is 2. The van der Waals surface area contributed by atoms with Gasteiger partial charge in [-0.25, -0.2) is 4.79 Å². The normalized spacial score (nSPS) is 19.6. The average molecular weight is 446 g/mol. The largest absolute Gasteiger partial charge is 0.359 e. The molecule has 2 aromatic carbocycles. The van der Waals surface area contributed by atoms with Gasteiger partial charge < -0.3 is 15.7 Å². The Hall–Kier alpha value is -2.38. The van der Waals surface area contributed by atoms with E-state index in [9.17, 15) is 14.7 Å². The molecule has 7 heteroatoms. The van der Waals surface area contributed by atoms with Crippen molar-refractivity contribution in [2.45, 2.75) is 45.4 Å². The van der Waals surface area contributed by atoms with Gasteiger partial charge in [-0.2, -0.15) is 0 Å². The van der Waals surface area contributed by atoms with Gasteiger partial charge in [-0.3, -0.25) is 9.69 Å². The predicted octanol–water partition coefficient (Wildman–Crippen LogP) is 4.12. The number of urea groups is 1. The number of nitrogens with zero attached hydrogens (tertiary/aromatic N) is 1. The Bertz CT molecular complexity index is 900. The third-order valence-electron chi connectivity index (χ3n) is 5.03. The van der Waals surface area contributed by atoms with E-state index in [-0.39, 0.29) is 6.04 Å². The topological polar surface area (TPSA) is 81.7 Å². The number of aryl methyl sites for hydroxylation is 1. The van der Waals surface area contributed by atoms with Crippen molar-refractivity contribution in [2.75, 3.05) is 10.2 Å². The minimum Gasteiger partial charge on any atom is -0.359 e. The van der Waals surface area contributed by atoms with E-state index in [0.29, 0.717) is 27.8 Å². The molecule has 3 rings (SSSR count). The van der Waals surface area contributed by atoms with Crippen LogP contribution < -0.4 is 15.5 Å². The Labute approximate surface area is 173 Å². The molecular weight excluding hydrogens is 422 g/mol. The van der Waals surface area contributed by atoms with E-state index in [1.54, 1.807) is 30.3 Å². The third-order valence-corrected chi connectivity index (χ3v) is 5.53. The summed E-state index contributed by atoms with van der Waals surface area (Å²) in [6.45, 7) is 5.83. The van der Waals surface area contributed by atoms with Crippen molar-refractivity contribution in [3.05, 3.63) is 58.1 Å². The first-order valence-corrected chi connectivity index (χ1v) is 10.1. The lowest BCUT2D eigenvalue weighted by molar-refractivity contribution is -0.140. The van der Waals surface area contributed by atoms with E-state index in [1.165, 1.54) is 0 Å². The summed E-state index contributed by atoms with van der Waals surface area (Å²) in [5.74, 6) is -0.643. The first-order valence-electron chi connectivity index (χ1n) is 9.34. The van der Waals surface area contributed by atoms with E-state index in [1.807, 2.05) is 32.9 Å². The number of benzene rings is 2. The van der Waals surface area contributed by atoms with Gasteiger partial charge in [0.1, 0.15) is 0 Å². The summed E-state index contributed by atoms with van der Waals surface area (Å²) in [4.78, 5) is 27.3. The standard InChI is InChI=1S/C21H24BrN3O3/c1-4-13(3)23-19(26)21(28)17-12-15(22)8-11-18(17)24-20(27)25(21)16-9-6-14(5-2)7-10-16/h6-13,28H,4-5H2,1-3H3,(H,23,26)(H,24,27). The van der Waals surface area contributed by atoms with E-state index >= 15 is 0 Å². The Morgan fingerprint density at radius 3 is 2.54 bits per heavy atom. The van der Waals surface area contributed by atoms with Gasteiger partial charge >= 0.3 is 6.03 Å². The number of anilines is 2. The van der Waals surface area contributed by atoms with Crippen molar-refractivity contribution in [1.82, 2.24) is 5.32 Å². The average Bonchev–Trinajstić information content (AvgIpc) is 2.69. The molecule has 0 aromatic heterocycles. The zero-order valence-corrected chi connectivity index (χ0v) is 17.7. The Kier molecular flexibility index (Phi) is 5.76. The fourth-order valence-electron chi connectivity index (χ4n) is 3.19. The van der Waals surface area contributed by atoms with Gasteiger partial charge in [0.15, 0.2) is 0 Å². The molecular formula is C21H24BrN3O3. The first-order chi connectivity index (χ1) is 13.3. The number of fused-ring (bicyclic) bond motifs is 1. The summed E-state index contributed by atoms with van der Waals surface area (Å²) >= 11 is 3.39. The maximum Gasteiger partial charge on any atom is 0.329 e. The van der Waals surface area contributed by atoms with Crippen LogP contribution in [0.3, 0.4) is 0 Å². The minimum atomic E-state index is -2.18. The van der Waals surface area contributed by atoms with Crippen molar-refractivity contribution in [2.24, 2.45) is 0 Å². The molecule has 2 unspecified atom stereocenters. The second kappa shape index (κ2) is 7.93. The number of carbonyl (C=O) groups excluding carboxylic acids is 2. The molecule has 2 aromatic rings. The predicted molar refractivity (Wildman–Crippen MR) is 113 cm³/mol. The Morgan fingerprint density at radius 1 is 1.25 bits per heavy atom. The molecule has 1 heterocycles. The molecule has 0 bridgehead atoms. The monoisotopic (exact) mass is 445 g/mol. The molecule has 0 spiro atoms. The molecule has 0 fully saturated rings. The van der Waals surface area contributed by atoms with Gasteiger partial charge in [0.05, 0.1) is 5.69 Å². The van der Waals surface area contributed by atoms with Gasteiger partial charge in [-0.15, -0.1) is 0 Å². The summed E-state index contributed by atoms with van der Waals surface area (Å²) in [6.07, 6.45) is 1.55. The van der Waals surface area contributed by atoms with Crippen LogP contribution in [0.25, 0.3) is 0 Å². The van der Waals surface area contributed by atoms with Crippen LogP contribution >= 0.6 is 15.9 Å². The molecule has 0 saturated carbocycles. The fraction of sp³-hybridized carbons (Fsp3) is 0.333. The van der Waals surface area contributed by atoms with E-state index in [0.717, 1.165) is 16.9 Å². The van der Waals surface area contributed by atoms with Gasteiger partial charge in [0.25, 0.3) is 11.6 Å². The van der Waals surface area contributed by atoms with Crippen LogP contribution in [0.4, 0.5) is 16.2 Å². The molecule has 1 aliphatic rings. The second-order valence-electron chi connectivity index (χ2n) is 6.93. The van der Waals surface area contributed by atoms with Crippen molar-refractivity contribution in [3.8, 4) is 0 Å². The van der Waals surface area contributed by atoms with E-state index in [2.05, 4.69) is 26.6 Å². The lowest BCUT2D eigenvalue weighted by atomic mass is 9.94. The quantitative estimate of drug-likeness (QED) is 0.646. The molecule has 3 N–H and O–H groups in total. The molecule has 3 amide bonds. The van der Waals surface area contributed by atoms with Crippen LogP contribution in [-0.4, -0.2) is 23.1 Å². The van der Waals surface area contributed by atoms with Gasteiger partial charge in [-0.1, -0.05) is 41.9 Å². The number of nitrogens with one attached hydrogen (secondary N) is 2. The van der Waals surface area contributed by atoms with Crippen LogP contribution in [-0.2, 0) is 16.9 Å². The molecule has 6 nitrogen and oxygen atoms in total. The number of halogens is 1. The number of amides is 3. The van der Waals surface area contributed by atoms with Gasteiger partial charge in [0, 0.05) is 21.8 Å². The summed E-state index contributed by atoms with van der Waals surface area (Å²) in [6, 6.07) is 11.6. The fourth-order valence-corrected chi connectivity index (χ4v) is 3.55. The van der Waals surface area contributed by atoms with Crippen LogP contribution in [0.2, 0.25) is 0 Å². The van der Waals surface area contributed by atoms with Crippen molar-refractivity contribution >= 4 is 39.2 Å². The maximum atomic E-state index is 13.2. The zero-order valence-electron chi connectivity index (χ0n) is 16.1.